The van der Waals surface area contributed by atoms with Crippen molar-refractivity contribution in [1.82, 2.24) is 0 Å². The lowest BCUT2D eigenvalue weighted by atomic mass is 9.56. The molecule has 6 nitrogen and oxygen atoms in total. The summed E-state index contributed by atoms with van der Waals surface area (Å²) in [5.41, 5.74) is 8.10. The SMILES string of the molecule is COC12CCC(c3ccc(N(C(C)=O)[C@@H](CCCN)OBO)cc3)(CC1)CC2. The number of benzene rings is 1. The van der Waals surface area contributed by atoms with Gasteiger partial charge in [-0.1, -0.05) is 12.1 Å². The molecule has 1 atom stereocenters. The molecule has 1 aromatic carbocycles. The van der Waals surface area contributed by atoms with Gasteiger partial charge in [0, 0.05) is 19.7 Å². The molecule has 3 N–H and O–H groups in total. The third-order valence-corrected chi connectivity index (χ3v) is 6.92. The molecule has 7 heteroatoms. The number of nitrogens with two attached hydrogens (primary N) is 1. The van der Waals surface area contributed by atoms with E-state index < -0.39 is 13.9 Å². The first kappa shape index (κ1) is 21.3. The number of hydrogen-bond acceptors (Lipinski definition) is 5. The summed E-state index contributed by atoms with van der Waals surface area (Å²) in [6.45, 7) is 2.04. The molecule has 0 heterocycles. The second-order valence-corrected chi connectivity index (χ2v) is 8.28. The van der Waals surface area contributed by atoms with Crippen molar-refractivity contribution >= 4 is 19.3 Å². The van der Waals surface area contributed by atoms with Crippen molar-refractivity contribution in [3.63, 3.8) is 0 Å². The maximum atomic E-state index is 12.3. The van der Waals surface area contributed by atoms with Crippen LogP contribution >= 0.6 is 0 Å². The van der Waals surface area contributed by atoms with Gasteiger partial charge in [0.25, 0.3) is 0 Å². The molecule has 28 heavy (non-hydrogen) atoms. The predicted molar refractivity (Wildman–Crippen MR) is 111 cm³/mol. The Morgan fingerprint density at radius 1 is 1.21 bits per heavy atom. The van der Waals surface area contributed by atoms with E-state index in [4.69, 9.17) is 15.1 Å². The highest BCUT2D eigenvalue weighted by molar-refractivity contribution is 6.16. The number of methoxy groups -OCH3 is 1. The quantitative estimate of drug-likeness (QED) is 0.501. The number of carbonyl (C=O) groups is 1. The zero-order valence-corrected chi connectivity index (χ0v) is 17.2. The van der Waals surface area contributed by atoms with Gasteiger partial charge in [0.15, 0.2) is 0 Å². The van der Waals surface area contributed by atoms with Crippen LogP contribution in [0.15, 0.2) is 24.3 Å². The van der Waals surface area contributed by atoms with Gasteiger partial charge >= 0.3 is 7.69 Å². The number of amides is 1. The first-order valence-corrected chi connectivity index (χ1v) is 10.4. The molecule has 3 saturated carbocycles. The van der Waals surface area contributed by atoms with Gasteiger partial charge in [0.2, 0.25) is 5.91 Å². The summed E-state index contributed by atoms with van der Waals surface area (Å²) in [6, 6.07) is 8.34. The van der Waals surface area contributed by atoms with Crippen molar-refractivity contribution in [2.45, 2.75) is 75.5 Å². The lowest BCUT2D eigenvalue weighted by Gasteiger charge is -2.53. The maximum Gasteiger partial charge on any atom is 0.436 e. The van der Waals surface area contributed by atoms with Gasteiger partial charge in [-0.15, -0.1) is 0 Å². The molecule has 0 saturated heterocycles. The van der Waals surface area contributed by atoms with E-state index in [-0.39, 0.29) is 16.9 Å². The summed E-state index contributed by atoms with van der Waals surface area (Å²) in [5.74, 6) is -0.110. The van der Waals surface area contributed by atoms with Crippen LogP contribution in [0, 0.1) is 0 Å². The molecule has 0 spiro atoms. The Morgan fingerprint density at radius 3 is 2.29 bits per heavy atom. The molecule has 0 aliphatic heterocycles. The van der Waals surface area contributed by atoms with Gasteiger partial charge in [0.1, 0.15) is 6.23 Å². The summed E-state index contributed by atoms with van der Waals surface area (Å²) < 4.78 is 11.2. The number of hydrogen-bond donors (Lipinski definition) is 2. The van der Waals surface area contributed by atoms with Crippen molar-refractivity contribution in [3.8, 4) is 0 Å². The molecule has 1 amide bonds. The van der Waals surface area contributed by atoms with Crippen molar-refractivity contribution in [1.29, 1.82) is 0 Å². The molecule has 2 bridgehead atoms. The highest BCUT2D eigenvalue weighted by atomic mass is 16.5. The molecule has 1 aromatic rings. The Hall–Kier alpha value is -1.41. The van der Waals surface area contributed by atoms with E-state index >= 15 is 0 Å². The zero-order valence-electron chi connectivity index (χ0n) is 17.2. The minimum atomic E-state index is -0.512. The van der Waals surface area contributed by atoms with Crippen molar-refractivity contribution in [3.05, 3.63) is 29.8 Å². The number of ether oxygens (including phenoxy) is 1. The monoisotopic (exact) mass is 388 g/mol. The lowest BCUT2D eigenvalue weighted by Crippen LogP contribution is -2.49. The fourth-order valence-corrected chi connectivity index (χ4v) is 5.08. The van der Waals surface area contributed by atoms with Crippen LogP contribution in [-0.4, -0.2) is 44.1 Å². The van der Waals surface area contributed by atoms with Gasteiger partial charge in [0.05, 0.1) is 5.60 Å². The number of carbonyl (C=O) groups excluding carboxylic acids is 1. The summed E-state index contributed by atoms with van der Waals surface area (Å²) in [6.07, 6.45) is 7.62. The van der Waals surface area contributed by atoms with Gasteiger partial charge < -0.3 is 20.1 Å². The molecular weight excluding hydrogens is 355 g/mol. The van der Waals surface area contributed by atoms with E-state index in [1.807, 2.05) is 19.2 Å². The second kappa shape index (κ2) is 8.95. The topological polar surface area (TPSA) is 85.0 Å². The van der Waals surface area contributed by atoms with Gasteiger partial charge in [-0.2, -0.15) is 0 Å². The lowest BCUT2D eigenvalue weighted by molar-refractivity contribution is -0.118. The molecule has 3 fully saturated rings. The fourth-order valence-electron chi connectivity index (χ4n) is 5.08. The van der Waals surface area contributed by atoms with Crippen LogP contribution in [0.1, 0.15) is 63.9 Å². The fraction of sp³-hybridized carbons (Fsp3) is 0.667. The summed E-state index contributed by atoms with van der Waals surface area (Å²) in [7, 11) is 1.42. The average Bonchev–Trinajstić information content (AvgIpc) is 2.73. The Kier molecular flexibility index (Phi) is 6.81. The van der Waals surface area contributed by atoms with Gasteiger partial charge in [-0.25, -0.2) is 0 Å². The summed E-state index contributed by atoms with van der Waals surface area (Å²) in [4.78, 5) is 13.9. The number of nitrogens with zero attached hydrogens (tertiary/aromatic N) is 1. The number of anilines is 1. The Bertz CT molecular complexity index is 642. The minimum absolute atomic E-state index is 0.102. The number of rotatable bonds is 9. The van der Waals surface area contributed by atoms with E-state index in [2.05, 4.69) is 12.1 Å². The molecule has 154 valence electrons. The van der Waals surface area contributed by atoms with Gasteiger partial charge in [-0.05, 0) is 81.0 Å². The van der Waals surface area contributed by atoms with Crippen LogP contribution in [0.4, 0.5) is 5.69 Å². The molecule has 3 aliphatic rings. The first-order valence-electron chi connectivity index (χ1n) is 10.4. The predicted octanol–water partition coefficient (Wildman–Crippen LogP) is 2.37. The Morgan fingerprint density at radius 2 is 1.82 bits per heavy atom. The van der Waals surface area contributed by atoms with Crippen LogP contribution in [0.5, 0.6) is 0 Å². The summed E-state index contributed by atoms with van der Waals surface area (Å²) in [5, 5.41) is 9.24. The van der Waals surface area contributed by atoms with E-state index in [0.717, 1.165) is 50.6 Å². The van der Waals surface area contributed by atoms with E-state index in [1.54, 1.807) is 4.90 Å². The van der Waals surface area contributed by atoms with E-state index in [0.29, 0.717) is 13.0 Å². The van der Waals surface area contributed by atoms with Crippen LogP contribution in [-0.2, 0) is 19.6 Å². The first-order chi connectivity index (χ1) is 13.5. The van der Waals surface area contributed by atoms with Crippen molar-refractivity contribution in [2.75, 3.05) is 18.6 Å². The highest BCUT2D eigenvalue weighted by Gasteiger charge is 2.49. The van der Waals surface area contributed by atoms with E-state index in [9.17, 15) is 9.82 Å². The minimum Gasteiger partial charge on any atom is -0.430 e. The molecule has 0 aromatic heterocycles. The zero-order chi connectivity index (χ0) is 20.2. The smallest absolute Gasteiger partial charge is 0.430 e. The van der Waals surface area contributed by atoms with E-state index in [1.165, 1.54) is 12.5 Å². The Balaban J connectivity index is 1.79. The molecule has 0 radical (unpaired) electrons. The molecule has 0 unspecified atom stereocenters. The summed E-state index contributed by atoms with van der Waals surface area (Å²) >= 11 is 0. The third kappa shape index (κ3) is 4.13. The van der Waals surface area contributed by atoms with Crippen LogP contribution in [0.3, 0.4) is 0 Å². The van der Waals surface area contributed by atoms with Crippen LogP contribution < -0.4 is 10.6 Å². The maximum absolute atomic E-state index is 12.3. The number of fused-ring (bicyclic) bond motifs is 3. The standard InChI is InChI=1S/C21H33BN2O4/c1-16(25)24(19(28-22-26)4-3-15-23)18-7-5-17(6-8-18)20-9-12-21(27-2,13-10-20)14-11-20/h5-8,19,22,26H,3-4,9-15,23H2,1-2H3/t19-,20?,21?/m1/s1. The average molecular weight is 388 g/mol. The van der Waals surface area contributed by atoms with Crippen LogP contribution in [0.25, 0.3) is 0 Å². The normalized spacial score (nSPS) is 27.4. The highest BCUT2D eigenvalue weighted by Crippen LogP contribution is 2.54. The Labute approximate surface area is 168 Å². The molecule has 3 aliphatic carbocycles. The third-order valence-electron chi connectivity index (χ3n) is 6.92. The van der Waals surface area contributed by atoms with Crippen molar-refractivity contribution in [2.24, 2.45) is 5.73 Å². The molecule has 4 rings (SSSR count). The molecular formula is C21H33BN2O4. The van der Waals surface area contributed by atoms with Gasteiger partial charge in [-0.3, -0.25) is 9.69 Å². The second-order valence-electron chi connectivity index (χ2n) is 8.28. The van der Waals surface area contributed by atoms with Crippen molar-refractivity contribution < 1.29 is 19.2 Å². The largest absolute Gasteiger partial charge is 0.436 e. The van der Waals surface area contributed by atoms with Crippen LogP contribution in [0.2, 0.25) is 0 Å².